The molecule has 0 aliphatic heterocycles. The molecule has 2 aromatic carbocycles. The van der Waals surface area contributed by atoms with E-state index >= 15 is 0 Å². The van der Waals surface area contributed by atoms with E-state index in [9.17, 15) is 14.7 Å². The standard InChI is InChI=1S/C16H14ClNO5/c1-9-6-10(17)2-5-14(9)23-8-15(20)18-13-4-3-11(19)7-12(13)16(21)22/h2-7,19H,8H2,1H3,(H,18,20)(H,21,22)/p-1. The summed E-state index contributed by atoms with van der Waals surface area (Å²) < 4.78 is 5.37. The molecule has 0 saturated carbocycles. The maximum absolute atomic E-state index is 11.9. The number of rotatable bonds is 5. The monoisotopic (exact) mass is 334 g/mol. The number of carbonyl (C=O) groups excluding carboxylic acids is 1. The molecule has 0 saturated heterocycles. The van der Waals surface area contributed by atoms with Crippen LogP contribution >= 0.6 is 11.6 Å². The average Bonchev–Trinajstić information content (AvgIpc) is 2.48. The van der Waals surface area contributed by atoms with Crippen LogP contribution in [0.2, 0.25) is 5.02 Å². The Morgan fingerprint density at radius 2 is 2.00 bits per heavy atom. The number of benzene rings is 2. The van der Waals surface area contributed by atoms with Crippen LogP contribution in [-0.4, -0.2) is 23.6 Å². The van der Waals surface area contributed by atoms with Gasteiger partial charge in [-0.3, -0.25) is 4.79 Å². The molecule has 6 nitrogen and oxygen atoms in total. The minimum absolute atomic E-state index is 0.0403. The molecule has 2 rings (SSSR count). The third-order valence-electron chi connectivity index (χ3n) is 2.99. The molecule has 0 unspecified atom stereocenters. The van der Waals surface area contributed by atoms with Crippen molar-refractivity contribution in [2.75, 3.05) is 11.9 Å². The molecule has 23 heavy (non-hydrogen) atoms. The number of nitrogens with one attached hydrogen (secondary N) is 1. The molecule has 0 radical (unpaired) electrons. The normalized spacial score (nSPS) is 10.2. The van der Waals surface area contributed by atoms with Gasteiger partial charge in [0.25, 0.3) is 5.91 Å². The summed E-state index contributed by atoms with van der Waals surface area (Å²) in [5, 5.41) is 23.2. The number of carboxylic acid groups (broad SMARTS) is 1. The number of carbonyl (C=O) groups is 2. The van der Waals surface area contributed by atoms with Crippen molar-refractivity contribution in [1.29, 1.82) is 0 Å². The van der Waals surface area contributed by atoms with Crippen molar-refractivity contribution in [1.82, 2.24) is 0 Å². The summed E-state index contributed by atoms with van der Waals surface area (Å²) in [6.07, 6.45) is 0. The first-order valence-electron chi connectivity index (χ1n) is 6.60. The summed E-state index contributed by atoms with van der Waals surface area (Å²) in [6, 6.07) is 8.34. The summed E-state index contributed by atoms with van der Waals surface area (Å²) >= 11 is 5.83. The number of aryl methyl sites for hydroxylation is 1. The van der Waals surface area contributed by atoms with Gasteiger partial charge in [0.1, 0.15) is 5.75 Å². The molecule has 0 aliphatic rings. The van der Waals surface area contributed by atoms with E-state index in [0.29, 0.717) is 10.8 Å². The van der Waals surface area contributed by atoms with Gasteiger partial charge >= 0.3 is 5.97 Å². The zero-order chi connectivity index (χ0) is 17.0. The lowest BCUT2D eigenvalue weighted by Gasteiger charge is -2.13. The van der Waals surface area contributed by atoms with Crippen molar-refractivity contribution in [2.45, 2.75) is 6.92 Å². The van der Waals surface area contributed by atoms with Gasteiger partial charge in [-0.2, -0.15) is 0 Å². The van der Waals surface area contributed by atoms with Crippen molar-refractivity contribution in [3.63, 3.8) is 0 Å². The second-order valence-electron chi connectivity index (χ2n) is 4.76. The molecule has 1 amide bonds. The molecule has 0 fully saturated rings. The van der Waals surface area contributed by atoms with Gasteiger partial charge < -0.3 is 20.3 Å². The van der Waals surface area contributed by atoms with E-state index in [1.165, 1.54) is 12.1 Å². The third-order valence-corrected chi connectivity index (χ3v) is 3.23. The van der Waals surface area contributed by atoms with Crippen molar-refractivity contribution in [3.05, 3.63) is 52.5 Å². The first kappa shape index (κ1) is 16.6. The molecular formula is C16H13ClNO5-. The predicted molar refractivity (Wildman–Crippen MR) is 83.2 cm³/mol. The fourth-order valence-electron chi connectivity index (χ4n) is 1.91. The van der Waals surface area contributed by atoms with Crippen LogP contribution in [0.4, 0.5) is 5.69 Å². The largest absolute Gasteiger partial charge is 0.872 e. The van der Waals surface area contributed by atoms with Crippen LogP contribution in [0.15, 0.2) is 36.4 Å². The zero-order valence-corrected chi connectivity index (χ0v) is 12.9. The topological polar surface area (TPSA) is 98.7 Å². The summed E-state index contributed by atoms with van der Waals surface area (Å²) in [7, 11) is 0. The Bertz CT molecular complexity index is 760. The van der Waals surface area contributed by atoms with E-state index < -0.39 is 17.6 Å². The quantitative estimate of drug-likeness (QED) is 0.875. The first-order chi connectivity index (χ1) is 10.9. The van der Waals surface area contributed by atoms with Crippen molar-refractivity contribution in [2.24, 2.45) is 0 Å². The molecular weight excluding hydrogens is 322 g/mol. The van der Waals surface area contributed by atoms with E-state index in [0.717, 1.165) is 11.6 Å². The number of hydrogen-bond donors (Lipinski definition) is 2. The number of amides is 1. The number of aromatic carboxylic acids is 1. The van der Waals surface area contributed by atoms with Gasteiger partial charge in [-0.1, -0.05) is 23.7 Å². The number of halogens is 1. The molecule has 2 N–H and O–H groups in total. The Morgan fingerprint density at radius 3 is 2.65 bits per heavy atom. The highest BCUT2D eigenvalue weighted by molar-refractivity contribution is 6.30. The highest BCUT2D eigenvalue weighted by Crippen LogP contribution is 2.22. The van der Waals surface area contributed by atoms with Crippen LogP contribution < -0.4 is 15.2 Å². The second kappa shape index (κ2) is 7.02. The lowest BCUT2D eigenvalue weighted by Crippen LogP contribution is -2.22. The Balaban J connectivity index is 2.04. The van der Waals surface area contributed by atoms with E-state index in [4.69, 9.17) is 21.4 Å². The average molecular weight is 335 g/mol. The third kappa shape index (κ3) is 4.37. The summed E-state index contributed by atoms with van der Waals surface area (Å²) in [4.78, 5) is 23.0. The molecule has 0 spiro atoms. The second-order valence-corrected chi connectivity index (χ2v) is 5.20. The zero-order valence-electron chi connectivity index (χ0n) is 12.1. The van der Waals surface area contributed by atoms with Crippen LogP contribution in [0.25, 0.3) is 0 Å². The predicted octanol–water partition coefficient (Wildman–Crippen LogP) is 2.44. The van der Waals surface area contributed by atoms with Crippen molar-refractivity contribution < 1.29 is 24.5 Å². The lowest BCUT2D eigenvalue weighted by atomic mass is 10.1. The maximum atomic E-state index is 11.9. The number of carboxylic acids is 1. The van der Waals surface area contributed by atoms with Gasteiger partial charge in [0, 0.05) is 5.02 Å². The highest BCUT2D eigenvalue weighted by Gasteiger charge is 2.12. The lowest BCUT2D eigenvalue weighted by molar-refractivity contribution is -0.268. The van der Waals surface area contributed by atoms with Gasteiger partial charge in [0.15, 0.2) is 6.61 Å². The number of anilines is 1. The highest BCUT2D eigenvalue weighted by atomic mass is 35.5. The minimum atomic E-state index is -1.30. The minimum Gasteiger partial charge on any atom is -0.872 e. The maximum Gasteiger partial charge on any atom is 0.337 e. The van der Waals surface area contributed by atoms with Crippen LogP contribution in [0.3, 0.4) is 0 Å². The molecule has 0 bridgehead atoms. The van der Waals surface area contributed by atoms with Gasteiger partial charge in [-0.05, 0) is 36.8 Å². The first-order valence-corrected chi connectivity index (χ1v) is 6.98. The molecule has 120 valence electrons. The summed E-state index contributed by atoms with van der Waals surface area (Å²) in [6.45, 7) is 1.48. The summed E-state index contributed by atoms with van der Waals surface area (Å²) in [5.41, 5.74) is 0.541. The number of ether oxygens (including phenoxy) is 1. The van der Waals surface area contributed by atoms with E-state index in [1.54, 1.807) is 25.1 Å². The van der Waals surface area contributed by atoms with Crippen LogP contribution in [-0.2, 0) is 4.79 Å². The Labute approximate surface area is 137 Å². The fraction of sp³-hybridized carbons (Fsp3) is 0.125. The molecule has 2 aromatic rings. The van der Waals surface area contributed by atoms with Crippen molar-refractivity contribution in [3.8, 4) is 11.5 Å². The molecule has 0 aromatic heterocycles. The van der Waals surface area contributed by atoms with E-state index in [-0.39, 0.29) is 17.9 Å². The van der Waals surface area contributed by atoms with E-state index in [2.05, 4.69) is 5.32 Å². The molecule has 7 heteroatoms. The fourth-order valence-corrected chi connectivity index (χ4v) is 2.14. The molecule has 0 atom stereocenters. The Hall–Kier alpha value is -2.73. The van der Waals surface area contributed by atoms with E-state index in [1.807, 2.05) is 0 Å². The van der Waals surface area contributed by atoms with Gasteiger partial charge in [-0.15, -0.1) is 5.75 Å². The number of hydrogen-bond acceptors (Lipinski definition) is 4. The van der Waals surface area contributed by atoms with Crippen LogP contribution in [0.1, 0.15) is 15.9 Å². The Morgan fingerprint density at radius 1 is 1.26 bits per heavy atom. The van der Waals surface area contributed by atoms with Gasteiger partial charge in [-0.25, -0.2) is 4.79 Å². The van der Waals surface area contributed by atoms with Crippen molar-refractivity contribution >= 4 is 29.2 Å². The smallest absolute Gasteiger partial charge is 0.337 e. The molecule has 0 heterocycles. The van der Waals surface area contributed by atoms with Crippen LogP contribution in [0.5, 0.6) is 11.5 Å². The molecule has 0 aliphatic carbocycles. The van der Waals surface area contributed by atoms with Gasteiger partial charge in [0.2, 0.25) is 0 Å². The SMILES string of the molecule is Cc1cc(Cl)ccc1OCC(=O)Nc1ccc([O-])cc1C(=O)O. The summed E-state index contributed by atoms with van der Waals surface area (Å²) in [5.74, 6) is -1.79. The van der Waals surface area contributed by atoms with Crippen LogP contribution in [0, 0.1) is 6.92 Å². The Kier molecular flexibility index (Phi) is 5.08. The van der Waals surface area contributed by atoms with Gasteiger partial charge in [0.05, 0.1) is 11.3 Å².